The van der Waals surface area contributed by atoms with Gasteiger partial charge in [0.2, 0.25) is 0 Å². The van der Waals surface area contributed by atoms with Crippen molar-refractivity contribution >= 4 is 55.0 Å². The predicted octanol–water partition coefficient (Wildman–Crippen LogP) is 15.9. The van der Waals surface area contributed by atoms with Gasteiger partial charge in [0, 0.05) is 44.5 Å². The van der Waals surface area contributed by atoms with Crippen LogP contribution in [0.2, 0.25) is 0 Å². The second-order valence-corrected chi connectivity index (χ2v) is 17.2. The van der Waals surface area contributed by atoms with Gasteiger partial charge >= 0.3 is 0 Å². The predicted molar refractivity (Wildman–Crippen MR) is 270 cm³/mol. The van der Waals surface area contributed by atoms with Crippen LogP contribution in [-0.2, 0) is 0 Å². The lowest BCUT2D eigenvalue weighted by Crippen LogP contribution is -2.02. The minimum Gasteiger partial charge on any atom is -0.309 e. The van der Waals surface area contributed by atoms with Gasteiger partial charge in [-0.25, -0.2) is 0 Å². The number of nitrogens with zero attached hydrogens (tertiary/aromatic N) is 3. The van der Waals surface area contributed by atoms with Gasteiger partial charge in [-0.2, -0.15) is 0 Å². The normalized spacial score (nSPS) is 14.2. The van der Waals surface area contributed by atoms with Gasteiger partial charge in [-0.05, 0) is 125 Å². The Morgan fingerprint density at radius 2 is 0.906 bits per heavy atom. The van der Waals surface area contributed by atoms with Crippen molar-refractivity contribution in [2.45, 2.75) is 25.7 Å². The molecule has 12 rings (SSSR count). The molecule has 64 heavy (non-hydrogen) atoms. The average molecular weight is 820 g/mol. The van der Waals surface area contributed by atoms with E-state index in [1.165, 1.54) is 88.2 Å². The van der Waals surface area contributed by atoms with Crippen molar-refractivity contribution in [1.82, 2.24) is 9.13 Å². The maximum absolute atomic E-state index is 5.25. The molecule has 0 radical (unpaired) electrons. The zero-order valence-corrected chi connectivity index (χ0v) is 35.7. The molecular weight excluding hydrogens is 775 g/mol. The highest BCUT2D eigenvalue weighted by Crippen LogP contribution is 2.39. The van der Waals surface area contributed by atoms with Crippen LogP contribution >= 0.6 is 0 Å². The van der Waals surface area contributed by atoms with E-state index in [1.54, 1.807) is 0 Å². The number of hydrogen-bond acceptors (Lipinski definition) is 1. The van der Waals surface area contributed by atoms with E-state index in [2.05, 4.69) is 241 Å². The lowest BCUT2D eigenvalue weighted by Gasteiger charge is -2.14. The minimum atomic E-state index is 0.265. The van der Waals surface area contributed by atoms with Crippen LogP contribution < -0.4 is 0 Å². The van der Waals surface area contributed by atoms with E-state index >= 15 is 0 Å². The minimum absolute atomic E-state index is 0.265. The summed E-state index contributed by atoms with van der Waals surface area (Å²) in [6.45, 7) is 2.16. The van der Waals surface area contributed by atoms with Crippen LogP contribution in [0.25, 0.3) is 82.9 Å². The fourth-order valence-corrected chi connectivity index (χ4v) is 10.0. The molecule has 3 nitrogen and oxygen atoms in total. The average Bonchev–Trinajstić information content (AvgIpc) is 3.76. The molecular formula is C61H45N3. The third kappa shape index (κ3) is 6.65. The van der Waals surface area contributed by atoms with Gasteiger partial charge in [0.25, 0.3) is 0 Å². The van der Waals surface area contributed by atoms with Crippen LogP contribution in [0.4, 0.5) is 0 Å². The molecule has 0 spiro atoms. The van der Waals surface area contributed by atoms with Crippen molar-refractivity contribution in [3.8, 4) is 33.6 Å². The summed E-state index contributed by atoms with van der Waals surface area (Å²) in [6.07, 6.45) is 4.30. The first-order chi connectivity index (χ1) is 31.6. The molecule has 2 aromatic heterocycles. The summed E-state index contributed by atoms with van der Waals surface area (Å²) in [5, 5.41) is 5.02. The van der Waals surface area contributed by atoms with Crippen molar-refractivity contribution in [1.29, 1.82) is 0 Å². The molecule has 0 N–H and O–H groups in total. The maximum Gasteiger partial charge on any atom is 0.0671 e. The summed E-state index contributed by atoms with van der Waals surface area (Å²) >= 11 is 0. The molecule has 0 aliphatic carbocycles. The molecule has 9 aromatic carbocycles. The van der Waals surface area contributed by atoms with Gasteiger partial charge in [0.15, 0.2) is 0 Å². The Hall–Kier alpha value is -8.01. The van der Waals surface area contributed by atoms with Gasteiger partial charge in [0.1, 0.15) is 0 Å². The standard InChI is InChI=1S/C61H45N3/c1-41-13-12-18-51(37-41)64-59-22-11-9-20-53(59)55-39-48(31-36-61(55)64)47-30-35-60-54(38-47)52-19-8-10-21-58(52)63(60)50-32-27-43(28-33-50)42-23-25-44(26-24-42)49-29-34-56(45-14-4-2-5-15-45)62-57(40-49)46-16-6-3-7-17-46/h2-28,30-33,35-40,49H,29,34H2,1H3. The van der Waals surface area contributed by atoms with Crippen molar-refractivity contribution in [3.05, 3.63) is 247 Å². The number of fused-ring (bicyclic) bond motifs is 6. The Balaban J connectivity index is 0.855. The zero-order chi connectivity index (χ0) is 42.6. The van der Waals surface area contributed by atoms with Crippen molar-refractivity contribution in [2.75, 3.05) is 0 Å². The van der Waals surface area contributed by atoms with E-state index in [0.29, 0.717) is 0 Å². The Morgan fingerprint density at radius 1 is 0.391 bits per heavy atom. The Labute approximate surface area is 373 Å². The second-order valence-electron chi connectivity index (χ2n) is 17.2. The summed E-state index contributed by atoms with van der Waals surface area (Å²) in [5.74, 6) is 0.265. The number of para-hydroxylation sites is 2. The SMILES string of the molecule is Cc1cccc(-n2c3ccccc3c3cc(-c4ccc5c(c4)c4ccccc4n5-c4ccc(-c5ccc(C6C=C(c7ccccc7)N=C(c7ccccc7)CC6)cc5)cc4)ccc32)c1. The van der Waals surface area contributed by atoms with E-state index in [4.69, 9.17) is 4.99 Å². The van der Waals surface area contributed by atoms with Crippen LogP contribution in [0.15, 0.2) is 229 Å². The molecule has 0 fully saturated rings. The molecule has 1 atom stereocenters. The first-order valence-corrected chi connectivity index (χ1v) is 22.4. The lowest BCUT2D eigenvalue weighted by atomic mass is 9.90. The van der Waals surface area contributed by atoms with Gasteiger partial charge < -0.3 is 9.13 Å². The van der Waals surface area contributed by atoms with Crippen molar-refractivity contribution < 1.29 is 0 Å². The molecule has 11 aromatic rings. The molecule has 0 saturated heterocycles. The molecule has 0 amide bonds. The summed E-state index contributed by atoms with van der Waals surface area (Å²) in [6, 6.07) is 79.7. The summed E-state index contributed by atoms with van der Waals surface area (Å²) in [4.78, 5) is 5.25. The van der Waals surface area contributed by atoms with Gasteiger partial charge in [-0.3, -0.25) is 4.99 Å². The summed E-state index contributed by atoms with van der Waals surface area (Å²) < 4.78 is 4.81. The van der Waals surface area contributed by atoms with Gasteiger partial charge in [0.05, 0.1) is 27.8 Å². The molecule has 1 unspecified atom stereocenters. The highest BCUT2D eigenvalue weighted by molar-refractivity contribution is 6.13. The van der Waals surface area contributed by atoms with E-state index in [9.17, 15) is 0 Å². The number of aromatic nitrogens is 2. The lowest BCUT2D eigenvalue weighted by molar-refractivity contribution is 0.774. The molecule has 3 heterocycles. The molecule has 1 aliphatic heterocycles. The van der Waals surface area contributed by atoms with Crippen LogP contribution in [0.5, 0.6) is 0 Å². The number of benzene rings is 9. The number of aliphatic imine (C=N–C) groups is 1. The van der Waals surface area contributed by atoms with Crippen molar-refractivity contribution in [3.63, 3.8) is 0 Å². The van der Waals surface area contributed by atoms with Crippen LogP contribution in [-0.4, -0.2) is 14.8 Å². The van der Waals surface area contributed by atoms with Crippen LogP contribution in [0.3, 0.4) is 0 Å². The number of rotatable bonds is 7. The fraction of sp³-hybridized carbons (Fsp3) is 0.0656. The smallest absolute Gasteiger partial charge is 0.0671 e. The first-order valence-electron chi connectivity index (χ1n) is 22.4. The van der Waals surface area contributed by atoms with E-state index in [-0.39, 0.29) is 5.92 Å². The highest BCUT2D eigenvalue weighted by Gasteiger charge is 2.20. The highest BCUT2D eigenvalue weighted by atomic mass is 15.0. The topological polar surface area (TPSA) is 22.2 Å². The Kier molecular flexibility index (Phi) is 9.26. The molecule has 0 saturated carbocycles. The largest absolute Gasteiger partial charge is 0.309 e. The Bertz CT molecular complexity index is 3590. The van der Waals surface area contributed by atoms with E-state index in [1.807, 2.05) is 0 Å². The van der Waals surface area contributed by atoms with Crippen LogP contribution in [0, 0.1) is 6.92 Å². The molecule has 0 bridgehead atoms. The van der Waals surface area contributed by atoms with E-state index < -0.39 is 0 Å². The second kappa shape index (κ2) is 15.7. The molecule has 3 heteroatoms. The Morgan fingerprint density at radius 3 is 1.52 bits per heavy atom. The number of allylic oxidation sites excluding steroid dienone is 1. The summed E-state index contributed by atoms with van der Waals surface area (Å²) in [5.41, 5.74) is 19.1. The zero-order valence-electron chi connectivity index (χ0n) is 35.7. The third-order valence-electron chi connectivity index (χ3n) is 13.2. The number of hydrogen-bond donors (Lipinski definition) is 0. The molecule has 304 valence electrons. The van der Waals surface area contributed by atoms with Crippen LogP contribution in [0.1, 0.15) is 41.0 Å². The monoisotopic (exact) mass is 819 g/mol. The quantitative estimate of drug-likeness (QED) is 0.153. The van der Waals surface area contributed by atoms with Crippen molar-refractivity contribution in [2.24, 2.45) is 4.99 Å². The maximum atomic E-state index is 5.25. The van der Waals surface area contributed by atoms with Gasteiger partial charge in [-0.1, -0.05) is 164 Å². The first kappa shape index (κ1) is 37.7. The summed E-state index contributed by atoms with van der Waals surface area (Å²) in [7, 11) is 0. The van der Waals surface area contributed by atoms with Gasteiger partial charge in [-0.15, -0.1) is 0 Å². The third-order valence-corrected chi connectivity index (χ3v) is 13.2. The van der Waals surface area contributed by atoms with E-state index in [0.717, 1.165) is 35.5 Å². The molecule has 1 aliphatic rings. The fourth-order valence-electron chi connectivity index (χ4n) is 10.0. The number of aryl methyl sites for hydroxylation is 1.